The Kier molecular flexibility index (Phi) is 2.93. The molecule has 0 fully saturated rings. The summed E-state index contributed by atoms with van der Waals surface area (Å²) in [5, 5.41) is 8.61. The molecule has 0 amide bonds. The van der Waals surface area contributed by atoms with Crippen molar-refractivity contribution in [2.24, 2.45) is 0 Å². The molecule has 0 aliphatic carbocycles. The minimum Gasteiger partial charge on any atom is -0.272 e. The molecule has 3 heterocycles. The highest BCUT2D eigenvalue weighted by molar-refractivity contribution is 5.69. The first-order valence-corrected chi connectivity index (χ1v) is 7.14. The van der Waals surface area contributed by atoms with E-state index in [0.717, 1.165) is 29.1 Å². The van der Waals surface area contributed by atoms with Crippen LogP contribution in [0.2, 0.25) is 0 Å². The summed E-state index contributed by atoms with van der Waals surface area (Å²) in [6.07, 6.45) is 5.37. The number of benzene rings is 1. The van der Waals surface area contributed by atoms with E-state index in [4.69, 9.17) is 0 Å². The maximum absolute atomic E-state index is 4.58. The van der Waals surface area contributed by atoms with E-state index in [1.165, 1.54) is 6.33 Å². The Labute approximate surface area is 127 Å². The lowest BCUT2D eigenvalue weighted by Gasteiger charge is -2.06. The molecule has 0 N–H and O–H groups in total. The fourth-order valence-electron chi connectivity index (χ4n) is 2.44. The van der Waals surface area contributed by atoms with Gasteiger partial charge in [-0.1, -0.05) is 30.3 Å². The van der Waals surface area contributed by atoms with Gasteiger partial charge in [-0.2, -0.15) is 19.7 Å². The van der Waals surface area contributed by atoms with E-state index in [2.05, 4.69) is 27.1 Å². The summed E-state index contributed by atoms with van der Waals surface area (Å²) in [5.41, 5.74) is 3.86. The van der Waals surface area contributed by atoms with Gasteiger partial charge in [-0.15, -0.1) is 0 Å². The fraction of sp³-hybridized carbons (Fsp3) is 0.125. The lowest BCUT2D eigenvalue weighted by atomic mass is 10.1. The van der Waals surface area contributed by atoms with Crippen LogP contribution in [0.1, 0.15) is 6.92 Å². The normalized spacial score (nSPS) is 11.1. The van der Waals surface area contributed by atoms with Crippen LogP contribution in [0.3, 0.4) is 0 Å². The molecule has 0 aliphatic rings. The van der Waals surface area contributed by atoms with Crippen LogP contribution in [-0.4, -0.2) is 29.4 Å². The molecule has 6 heteroatoms. The highest BCUT2D eigenvalue weighted by Crippen LogP contribution is 2.25. The molecule has 0 aliphatic heterocycles. The average Bonchev–Trinajstić information content (AvgIpc) is 3.23. The summed E-state index contributed by atoms with van der Waals surface area (Å²) in [4.78, 5) is 8.81. The van der Waals surface area contributed by atoms with Crippen molar-refractivity contribution in [1.29, 1.82) is 0 Å². The number of aryl methyl sites for hydroxylation is 1. The van der Waals surface area contributed by atoms with Gasteiger partial charge in [0.15, 0.2) is 0 Å². The minimum absolute atomic E-state index is 0.584. The van der Waals surface area contributed by atoms with E-state index in [1.807, 2.05) is 53.5 Å². The number of fused-ring (bicyclic) bond motifs is 1. The highest BCUT2D eigenvalue weighted by atomic mass is 15.3. The van der Waals surface area contributed by atoms with Crippen molar-refractivity contribution in [3.63, 3.8) is 0 Å². The third-order valence-corrected chi connectivity index (χ3v) is 3.57. The molecule has 4 rings (SSSR count). The van der Waals surface area contributed by atoms with Crippen LogP contribution in [0.25, 0.3) is 28.3 Å². The van der Waals surface area contributed by atoms with Crippen LogP contribution in [0.4, 0.5) is 0 Å². The molecule has 1 aromatic carbocycles. The topological polar surface area (TPSA) is 60.9 Å². The molecule has 3 aromatic heterocycles. The largest absolute Gasteiger partial charge is 0.272 e. The zero-order valence-corrected chi connectivity index (χ0v) is 12.1. The molecule has 0 bridgehead atoms. The molecule has 0 unspecified atom stereocenters. The van der Waals surface area contributed by atoms with Crippen LogP contribution in [0.15, 0.2) is 55.1 Å². The van der Waals surface area contributed by atoms with Gasteiger partial charge in [0.1, 0.15) is 6.33 Å². The fourth-order valence-corrected chi connectivity index (χ4v) is 2.44. The highest BCUT2D eigenvalue weighted by Gasteiger charge is 2.12. The van der Waals surface area contributed by atoms with Gasteiger partial charge in [0, 0.05) is 23.9 Å². The Morgan fingerprint density at radius 3 is 2.68 bits per heavy atom. The van der Waals surface area contributed by atoms with Gasteiger partial charge in [-0.3, -0.25) is 4.68 Å². The second-order valence-corrected chi connectivity index (χ2v) is 4.95. The van der Waals surface area contributed by atoms with Crippen LogP contribution in [0, 0.1) is 0 Å². The molecule has 4 aromatic rings. The Balaban J connectivity index is 1.95. The van der Waals surface area contributed by atoms with Crippen molar-refractivity contribution >= 4 is 5.78 Å². The van der Waals surface area contributed by atoms with E-state index in [0.29, 0.717) is 5.78 Å². The quantitative estimate of drug-likeness (QED) is 0.582. The first kappa shape index (κ1) is 12.7. The SMILES string of the molecule is CCn1cc(-c2cc(-c3ccccc3)nc3ncnn23)cn1. The predicted octanol–water partition coefficient (Wildman–Crippen LogP) is 2.67. The average molecular weight is 290 g/mol. The van der Waals surface area contributed by atoms with E-state index < -0.39 is 0 Å². The van der Waals surface area contributed by atoms with Crippen molar-refractivity contribution in [3.8, 4) is 22.5 Å². The zero-order valence-electron chi connectivity index (χ0n) is 12.1. The van der Waals surface area contributed by atoms with Crippen LogP contribution in [-0.2, 0) is 6.54 Å². The van der Waals surface area contributed by atoms with Crippen molar-refractivity contribution in [2.75, 3.05) is 0 Å². The lowest BCUT2D eigenvalue weighted by molar-refractivity contribution is 0.660. The van der Waals surface area contributed by atoms with Gasteiger partial charge >= 0.3 is 0 Å². The molecule has 22 heavy (non-hydrogen) atoms. The number of nitrogens with zero attached hydrogens (tertiary/aromatic N) is 6. The monoisotopic (exact) mass is 290 g/mol. The summed E-state index contributed by atoms with van der Waals surface area (Å²) >= 11 is 0. The first-order valence-electron chi connectivity index (χ1n) is 7.14. The summed E-state index contributed by atoms with van der Waals surface area (Å²) in [6.45, 7) is 2.89. The summed E-state index contributed by atoms with van der Waals surface area (Å²) in [5.74, 6) is 0.584. The number of hydrogen-bond acceptors (Lipinski definition) is 4. The Hall–Kier alpha value is -3.02. The predicted molar refractivity (Wildman–Crippen MR) is 83.1 cm³/mol. The maximum atomic E-state index is 4.58. The summed E-state index contributed by atoms with van der Waals surface area (Å²) in [7, 11) is 0. The second-order valence-electron chi connectivity index (χ2n) is 4.95. The van der Waals surface area contributed by atoms with Gasteiger partial charge in [0.05, 0.1) is 17.6 Å². The Morgan fingerprint density at radius 2 is 1.91 bits per heavy atom. The third kappa shape index (κ3) is 2.05. The van der Waals surface area contributed by atoms with E-state index in [9.17, 15) is 0 Å². The van der Waals surface area contributed by atoms with Crippen LogP contribution >= 0.6 is 0 Å². The minimum atomic E-state index is 0.584. The van der Waals surface area contributed by atoms with Gasteiger partial charge in [0.25, 0.3) is 5.78 Å². The second kappa shape index (κ2) is 5.07. The van der Waals surface area contributed by atoms with Crippen LogP contribution in [0.5, 0.6) is 0 Å². The van der Waals surface area contributed by atoms with Gasteiger partial charge in [-0.05, 0) is 13.0 Å². The number of hydrogen-bond donors (Lipinski definition) is 0. The Morgan fingerprint density at radius 1 is 1.05 bits per heavy atom. The zero-order chi connectivity index (χ0) is 14.9. The van der Waals surface area contributed by atoms with Gasteiger partial charge < -0.3 is 0 Å². The molecule has 0 saturated carbocycles. The first-order chi connectivity index (χ1) is 10.8. The summed E-state index contributed by atoms with van der Waals surface area (Å²) < 4.78 is 3.63. The third-order valence-electron chi connectivity index (χ3n) is 3.57. The molecule has 0 saturated heterocycles. The van der Waals surface area contributed by atoms with E-state index in [1.54, 1.807) is 4.52 Å². The molecule has 0 spiro atoms. The summed E-state index contributed by atoms with van der Waals surface area (Å²) in [6, 6.07) is 12.1. The number of aromatic nitrogens is 6. The molecule has 0 atom stereocenters. The van der Waals surface area contributed by atoms with Gasteiger partial charge in [-0.25, -0.2) is 4.98 Å². The standard InChI is InChI=1S/C16H14N6/c1-2-21-10-13(9-18-21)15-8-14(12-6-4-3-5-7-12)20-16-17-11-19-22(15)16/h3-11H,2H2,1H3. The smallest absolute Gasteiger partial charge is 0.253 e. The van der Waals surface area contributed by atoms with Crippen molar-refractivity contribution in [3.05, 3.63) is 55.1 Å². The molecular weight excluding hydrogens is 276 g/mol. The van der Waals surface area contributed by atoms with Crippen molar-refractivity contribution in [1.82, 2.24) is 29.4 Å². The molecular formula is C16H14N6. The van der Waals surface area contributed by atoms with Crippen molar-refractivity contribution in [2.45, 2.75) is 13.5 Å². The Bertz CT molecular complexity index is 922. The van der Waals surface area contributed by atoms with Gasteiger partial charge in [0.2, 0.25) is 0 Å². The molecule has 108 valence electrons. The number of rotatable bonds is 3. The molecule has 0 radical (unpaired) electrons. The van der Waals surface area contributed by atoms with Crippen LogP contribution < -0.4 is 0 Å². The van der Waals surface area contributed by atoms with E-state index >= 15 is 0 Å². The maximum Gasteiger partial charge on any atom is 0.253 e. The van der Waals surface area contributed by atoms with Crippen molar-refractivity contribution < 1.29 is 0 Å². The van der Waals surface area contributed by atoms with E-state index in [-0.39, 0.29) is 0 Å². The molecule has 6 nitrogen and oxygen atoms in total. The lowest BCUT2D eigenvalue weighted by Crippen LogP contribution is -1.98.